The van der Waals surface area contributed by atoms with Crippen LogP contribution in [-0.2, 0) is 27.9 Å². The van der Waals surface area contributed by atoms with Crippen molar-refractivity contribution in [2.45, 2.75) is 50.2 Å². The van der Waals surface area contributed by atoms with Crippen molar-refractivity contribution >= 4 is 27.3 Å². The van der Waals surface area contributed by atoms with Crippen molar-refractivity contribution in [1.82, 2.24) is 23.9 Å². The van der Waals surface area contributed by atoms with Gasteiger partial charge in [0.1, 0.15) is 0 Å². The Labute approximate surface area is 195 Å². The Bertz CT molecular complexity index is 1510. The number of carbonyl (C=O) groups excluding carboxylic acids is 1. The van der Waals surface area contributed by atoms with E-state index in [0.717, 1.165) is 23.8 Å². The predicted octanol–water partition coefficient (Wildman–Crippen LogP) is 0.427. The second kappa shape index (κ2) is 7.91. The van der Waals surface area contributed by atoms with Crippen LogP contribution in [0.4, 0.5) is 0 Å². The molecule has 1 aromatic carbocycles. The van der Waals surface area contributed by atoms with Gasteiger partial charge < -0.3 is 9.42 Å². The molecular formula is C22H25N5O6S. The van der Waals surface area contributed by atoms with Crippen molar-refractivity contribution < 1.29 is 17.7 Å². The molecule has 1 saturated carbocycles. The summed E-state index contributed by atoms with van der Waals surface area (Å²) in [6.07, 6.45) is 2.26. The molecule has 1 aliphatic carbocycles. The summed E-state index contributed by atoms with van der Waals surface area (Å²) in [5.74, 6) is 0.384. The van der Waals surface area contributed by atoms with E-state index in [9.17, 15) is 22.8 Å². The monoisotopic (exact) mass is 487 g/mol. The Balaban J connectivity index is 1.63. The van der Waals surface area contributed by atoms with Gasteiger partial charge in [0.05, 0.1) is 28.0 Å². The van der Waals surface area contributed by atoms with E-state index in [4.69, 9.17) is 4.52 Å². The van der Waals surface area contributed by atoms with Gasteiger partial charge in [-0.25, -0.2) is 17.9 Å². The van der Waals surface area contributed by atoms with Crippen LogP contribution in [0, 0.1) is 12.8 Å². The van der Waals surface area contributed by atoms with Gasteiger partial charge in [-0.1, -0.05) is 5.16 Å². The highest BCUT2D eigenvalue weighted by Gasteiger charge is 2.41. The van der Waals surface area contributed by atoms with E-state index >= 15 is 0 Å². The van der Waals surface area contributed by atoms with Gasteiger partial charge in [-0.05, 0) is 44.9 Å². The van der Waals surface area contributed by atoms with Crippen LogP contribution in [0.15, 0.2) is 43.3 Å². The Morgan fingerprint density at radius 1 is 1.21 bits per heavy atom. The number of sulfonamides is 1. The van der Waals surface area contributed by atoms with Crippen molar-refractivity contribution in [2.75, 3.05) is 13.1 Å². The molecule has 0 unspecified atom stereocenters. The Hall–Kier alpha value is -3.25. The molecule has 3 aromatic rings. The summed E-state index contributed by atoms with van der Waals surface area (Å²) in [6, 6.07) is 5.87. The molecule has 2 aliphatic rings. The van der Waals surface area contributed by atoms with E-state index in [0.29, 0.717) is 30.1 Å². The first-order valence-electron chi connectivity index (χ1n) is 11.0. The first-order chi connectivity index (χ1) is 16.1. The summed E-state index contributed by atoms with van der Waals surface area (Å²) in [5, 5.41) is 3.92. The van der Waals surface area contributed by atoms with Gasteiger partial charge in [-0.15, -0.1) is 0 Å². The van der Waals surface area contributed by atoms with Crippen LogP contribution in [0.25, 0.3) is 10.9 Å². The maximum Gasteiger partial charge on any atom is 0.331 e. The molecule has 0 atom stereocenters. The van der Waals surface area contributed by atoms with Crippen LogP contribution < -0.4 is 16.0 Å². The Morgan fingerprint density at radius 2 is 1.94 bits per heavy atom. The lowest BCUT2D eigenvalue weighted by Gasteiger charge is -2.36. The van der Waals surface area contributed by atoms with Gasteiger partial charge in [-0.3, -0.25) is 18.7 Å². The highest BCUT2D eigenvalue weighted by atomic mass is 32.2. The van der Waals surface area contributed by atoms with Crippen molar-refractivity contribution in [3.05, 3.63) is 56.6 Å². The molecule has 1 saturated heterocycles. The van der Waals surface area contributed by atoms with E-state index in [2.05, 4.69) is 9.88 Å². The molecule has 0 bridgehead atoms. The number of nitrogens with zero attached hydrogens (tertiary/aromatic N) is 4. The number of rotatable bonds is 8. The predicted molar refractivity (Wildman–Crippen MR) is 122 cm³/mol. The van der Waals surface area contributed by atoms with Gasteiger partial charge in [0.25, 0.3) is 5.56 Å². The van der Waals surface area contributed by atoms with Gasteiger partial charge >= 0.3 is 5.69 Å². The van der Waals surface area contributed by atoms with Crippen molar-refractivity contribution in [3.63, 3.8) is 0 Å². The van der Waals surface area contributed by atoms with E-state index in [1.807, 2.05) is 6.92 Å². The van der Waals surface area contributed by atoms with E-state index in [1.54, 1.807) is 17.9 Å². The third-order valence-electron chi connectivity index (χ3n) is 6.45. The summed E-state index contributed by atoms with van der Waals surface area (Å²) < 4.78 is 36.2. The molecule has 2 fully saturated rings. The number of aromatic nitrogens is 3. The lowest BCUT2D eigenvalue weighted by atomic mass is 10.0. The highest BCUT2D eigenvalue weighted by Crippen LogP contribution is 2.36. The molecule has 2 aromatic heterocycles. The average Bonchev–Trinajstić information content (AvgIpc) is 3.33. The van der Waals surface area contributed by atoms with E-state index in [1.165, 1.54) is 22.8 Å². The van der Waals surface area contributed by atoms with Crippen molar-refractivity contribution in [3.8, 4) is 0 Å². The third kappa shape index (κ3) is 4.07. The Kier molecular flexibility index (Phi) is 5.24. The SMILES string of the molecule is Cc1cc(Cn2c(=O)c3cc(S(=O)(=O)NC4(C)CC4)ccc3n(CC3CN(C=O)C3)c2=O)on1. The number of amides is 1. The summed E-state index contributed by atoms with van der Waals surface area (Å²) in [5.41, 5.74) is -0.647. The second-order valence-electron chi connectivity index (χ2n) is 9.49. The van der Waals surface area contributed by atoms with Gasteiger partial charge in [0.15, 0.2) is 5.76 Å². The second-order valence-corrected chi connectivity index (χ2v) is 11.2. The molecule has 0 radical (unpaired) electrons. The fourth-order valence-electron chi connectivity index (χ4n) is 4.27. The van der Waals surface area contributed by atoms with Gasteiger partial charge in [-0.2, -0.15) is 0 Å². The largest absolute Gasteiger partial charge is 0.359 e. The summed E-state index contributed by atoms with van der Waals surface area (Å²) in [4.78, 5) is 39.2. The third-order valence-corrected chi connectivity index (χ3v) is 8.09. The molecule has 3 heterocycles. The smallest absolute Gasteiger partial charge is 0.331 e. The first kappa shape index (κ1) is 22.5. The molecule has 1 N–H and O–H groups in total. The molecule has 1 amide bonds. The minimum absolute atomic E-state index is 0.0340. The maximum absolute atomic E-state index is 13.4. The first-order valence-corrected chi connectivity index (χ1v) is 12.5. The topological polar surface area (TPSA) is 137 Å². The quantitative estimate of drug-likeness (QED) is 0.455. The number of likely N-dealkylation sites (tertiary alicyclic amines) is 1. The molecule has 12 heteroatoms. The van der Waals surface area contributed by atoms with Crippen molar-refractivity contribution in [2.24, 2.45) is 5.92 Å². The molecule has 5 rings (SSSR count). The fourth-order valence-corrected chi connectivity index (χ4v) is 5.77. The molecular weight excluding hydrogens is 462 g/mol. The number of benzene rings is 1. The van der Waals surface area contributed by atoms with E-state index in [-0.39, 0.29) is 29.3 Å². The number of fused-ring (bicyclic) bond motifs is 1. The zero-order valence-corrected chi connectivity index (χ0v) is 19.7. The van der Waals surface area contributed by atoms with Crippen LogP contribution in [0.2, 0.25) is 0 Å². The molecule has 0 spiro atoms. The number of hydrogen-bond donors (Lipinski definition) is 1. The zero-order chi connectivity index (χ0) is 24.3. The summed E-state index contributed by atoms with van der Waals surface area (Å²) in [7, 11) is -3.84. The molecule has 1 aliphatic heterocycles. The standard InChI is InChI=1S/C22H25N5O6S/c1-14-7-16(33-23-14)12-27-20(29)18-8-17(34(31,32)24-22(2)5-6-22)3-4-19(18)26(21(27)30)11-15-9-25(10-15)13-28/h3-4,7-8,13,15,24H,5-6,9-12H2,1-2H3. The zero-order valence-electron chi connectivity index (χ0n) is 18.9. The molecule has 34 heavy (non-hydrogen) atoms. The fraction of sp³-hybridized carbons (Fsp3) is 0.455. The highest BCUT2D eigenvalue weighted by molar-refractivity contribution is 7.89. The lowest BCUT2D eigenvalue weighted by Crippen LogP contribution is -2.50. The van der Waals surface area contributed by atoms with Gasteiger partial charge in [0.2, 0.25) is 16.4 Å². The van der Waals surface area contributed by atoms with Crippen molar-refractivity contribution in [1.29, 1.82) is 0 Å². The van der Waals surface area contributed by atoms with Crippen LogP contribution in [0.1, 0.15) is 31.2 Å². The Morgan fingerprint density at radius 3 is 2.56 bits per heavy atom. The molecule has 11 nitrogen and oxygen atoms in total. The minimum Gasteiger partial charge on any atom is -0.359 e. The van der Waals surface area contributed by atoms with Crippen LogP contribution >= 0.6 is 0 Å². The summed E-state index contributed by atoms with van der Waals surface area (Å²) >= 11 is 0. The number of hydrogen-bond acceptors (Lipinski definition) is 7. The minimum atomic E-state index is -3.84. The van der Waals surface area contributed by atoms with Crippen LogP contribution in [0.5, 0.6) is 0 Å². The normalized spacial score (nSPS) is 17.6. The van der Waals surface area contributed by atoms with Crippen LogP contribution in [0.3, 0.4) is 0 Å². The number of nitrogens with one attached hydrogen (secondary N) is 1. The van der Waals surface area contributed by atoms with Gasteiger partial charge in [0, 0.05) is 37.2 Å². The van der Waals surface area contributed by atoms with E-state index < -0.39 is 26.8 Å². The van der Waals surface area contributed by atoms with Crippen LogP contribution in [-0.4, -0.2) is 52.6 Å². The summed E-state index contributed by atoms with van der Waals surface area (Å²) in [6.45, 7) is 4.73. The average molecular weight is 488 g/mol. The number of carbonyl (C=O) groups is 1. The maximum atomic E-state index is 13.4. The molecule has 180 valence electrons. The number of aryl methyl sites for hydroxylation is 1. The lowest BCUT2D eigenvalue weighted by molar-refractivity contribution is -0.124.